The van der Waals surface area contributed by atoms with Crippen molar-refractivity contribution in [1.29, 1.82) is 5.26 Å². The lowest BCUT2D eigenvalue weighted by Crippen LogP contribution is -1.69. The number of hydrogen-bond acceptors (Lipinski definition) is 2. The standard InChI is InChI=1S/C9H4ClNO/c10-7-1-2-9-8(3-7)6(4-11)5-12-9/h1-3,5H. The van der Waals surface area contributed by atoms with Crippen LogP contribution in [-0.4, -0.2) is 0 Å². The Bertz CT molecular complexity index is 467. The maximum atomic E-state index is 8.66. The van der Waals surface area contributed by atoms with Crippen molar-refractivity contribution in [2.45, 2.75) is 0 Å². The largest absolute Gasteiger partial charge is 0.463 e. The molecule has 0 N–H and O–H groups in total. The van der Waals surface area contributed by atoms with Gasteiger partial charge in [-0.25, -0.2) is 0 Å². The van der Waals surface area contributed by atoms with Crippen LogP contribution in [0.25, 0.3) is 11.0 Å². The van der Waals surface area contributed by atoms with Crippen LogP contribution in [0, 0.1) is 11.3 Å². The summed E-state index contributed by atoms with van der Waals surface area (Å²) in [6.45, 7) is 0. The highest BCUT2D eigenvalue weighted by Gasteiger charge is 2.04. The first kappa shape index (κ1) is 7.20. The molecular weight excluding hydrogens is 174 g/mol. The van der Waals surface area contributed by atoms with Gasteiger partial charge in [-0.05, 0) is 18.2 Å². The van der Waals surface area contributed by atoms with E-state index in [1.165, 1.54) is 6.26 Å². The summed E-state index contributed by atoms with van der Waals surface area (Å²) in [4.78, 5) is 0. The lowest BCUT2D eigenvalue weighted by molar-refractivity contribution is 0.614. The predicted molar refractivity (Wildman–Crippen MR) is 45.9 cm³/mol. The molecule has 0 atom stereocenters. The van der Waals surface area contributed by atoms with E-state index in [1.54, 1.807) is 18.2 Å². The Kier molecular flexibility index (Phi) is 1.53. The molecule has 2 rings (SSSR count). The molecule has 2 nitrogen and oxygen atoms in total. The molecule has 0 spiro atoms. The maximum Gasteiger partial charge on any atom is 0.135 e. The second-order valence-electron chi connectivity index (χ2n) is 2.40. The number of nitrogens with zero attached hydrogens (tertiary/aromatic N) is 1. The zero-order valence-electron chi connectivity index (χ0n) is 6.04. The molecule has 0 bridgehead atoms. The second-order valence-corrected chi connectivity index (χ2v) is 2.84. The summed E-state index contributed by atoms with van der Waals surface area (Å²) in [6.07, 6.45) is 1.43. The third kappa shape index (κ3) is 0.956. The Morgan fingerprint density at radius 1 is 1.42 bits per heavy atom. The van der Waals surface area contributed by atoms with Crippen molar-refractivity contribution in [3.8, 4) is 6.07 Å². The van der Waals surface area contributed by atoms with E-state index in [0.29, 0.717) is 16.2 Å². The minimum atomic E-state index is 0.521. The van der Waals surface area contributed by atoms with Crippen molar-refractivity contribution in [3.05, 3.63) is 35.0 Å². The molecule has 1 heterocycles. The van der Waals surface area contributed by atoms with E-state index >= 15 is 0 Å². The lowest BCUT2D eigenvalue weighted by Gasteiger charge is -1.88. The van der Waals surface area contributed by atoms with Gasteiger partial charge in [0.05, 0.1) is 5.56 Å². The van der Waals surface area contributed by atoms with Gasteiger partial charge in [0.25, 0.3) is 0 Å². The van der Waals surface area contributed by atoms with Gasteiger partial charge in [-0.3, -0.25) is 0 Å². The van der Waals surface area contributed by atoms with Gasteiger partial charge in [-0.2, -0.15) is 5.26 Å². The summed E-state index contributed by atoms with van der Waals surface area (Å²) in [5.74, 6) is 0. The highest BCUT2D eigenvalue weighted by atomic mass is 35.5. The monoisotopic (exact) mass is 177 g/mol. The van der Waals surface area contributed by atoms with Crippen molar-refractivity contribution in [2.24, 2.45) is 0 Å². The average molecular weight is 178 g/mol. The van der Waals surface area contributed by atoms with Crippen LogP contribution >= 0.6 is 11.6 Å². The molecule has 58 valence electrons. The van der Waals surface area contributed by atoms with E-state index in [2.05, 4.69) is 0 Å². The molecular formula is C9H4ClNO. The molecule has 12 heavy (non-hydrogen) atoms. The third-order valence-electron chi connectivity index (χ3n) is 1.66. The van der Waals surface area contributed by atoms with Gasteiger partial charge in [-0.15, -0.1) is 0 Å². The molecule has 0 amide bonds. The third-order valence-corrected chi connectivity index (χ3v) is 1.89. The Hall–Kier alpha value is -1.46. The van der Waals surface area contributed by atoms with Crippen molar-refractivity contribution in [2.75, 3.05) is 0 Å². The molecule has 0 aliphatic heterocycles. The Morgan fingerprint density at radius 3 is 3.00 bits per heavy atom. The first-order valence-corrected chi connectivity index (χ1v) is 3.76. The highest BCUT2D eigenvalue weighted by Crippen LogP contribution is 2.23. The summed E-state index contributed by atoms with van der Waals surface area (Å²) in [5.41, 5.74) is 1.21. The molecule has 0 unspecified atom stereocenters. The van der Waals surface area contributed by atoms with E-state index in [4.69, 9.17) is 21.3 Å². The van der Waals surface area contributed by atoms with Crippen LogP contribution < -0.4 is 0 Å². The number of furan rings is 1. The topological polar surface area (TPSA) is 36.9 Å². The molecule has 0 saturated heterocycles. The number of hydrogen-bond donors (Lipinski definition) is 0. The zero-order valence-corrected chi connectivity index (χ0v) is 6.80. The molecule has 0 aliphatic carbocycles. The Morgan fingerprint density at radius 2 is 2.25 bits per heavy atom. The van der Waals surface area contributed by atoms with Crippen LogP contribution in [0.3, 0.4) is 0 Å². The van der Waals surface area contributed by atoms with Crippen molar-refractivity contribution in [3.63, 3.8) is 0 Å². The van der Waals surface area contributed by atoms with Gasteiger partial charge < -0.3 is 4.42 Å². The lowest BCUT2D eigenvalue weighted by atomic mass is 10.2. The van der Waals surface area contributed by atoms with Crippen molar-refractivity contribution in [1.82, 2.24) is 0 Å². The fourth-order valence-electron chi connectivity index (χ4n) is 1.09. The van der Waals surface area contributed by atoms with Crippen LogP contribution in [0.15, 0.2) is 28.9 Å². The Balaban J connectivity index is 2.86. The van der Waals surface area contributed by atoms with E-state index in [-0.39, 0.29) is 0 Å². The first-order valence-electron chi connectivity index (χ1n) is 3.38. The molecule has 3 heteroatoms. The van der Waals surface area contributed by atoms with Crippen molar-refractivity contribution < 1.29 is 4.42 Å². The zero-order chi connectivity index (χ0) is 8.55. The summed E-state index contributed by atoms with van der Waals surface area (Å²) in [5, 5.41) is 10.0. The van der Waals surface area contributed by atoms with E-state index < -0.39 is 0 Å². The quantitative estimate of drug-likeness (QED) is 0.620. The van der Waals surface area contributed by atoms with Gasteiger partial charge in [0.15, 0.2) is 0 Å². The van der Waals surface area contributed by atoms with Gasteiger partial charge in [0.2, 0.25) is 0 Å². The number of nitriles is 1. The minimum absolute atomic E-state index is 0.521. The predicted octanol–water partition coefficient (Wildman–Crippen LogP) is 2.96. The molecule has 2 aromatic rings. The molecule has 1 aromatic heterocycles. The molecule has 0 aliphatic rings. The van der Waals surface area contributed by atoms with Crippen molar-refractivity contribution >= 4 is 22.6 Å². The van der Waals surface area contributed by atoms with Crippen LogP contribution in [0.2, 0.25) is 5.02 Å². The number of fused-ring (bicyclic) bond motifs is 1. The summed E-state index contributed by atoms with van der Waals surface area (Å²) in [6, 6.07) is 7.23. The summed E-state index contributed by atoms with van der Waals surface area (Å²) < 4.78 is 5.11. The van der Waals surface area contributed by atoms with E-state index in [9.17, 15) is 0 Å². The minimum Gasteiger partial charge on any atom is -0.463 e. The van der Waals surface area contributed by atoms with Gasteiger partial charge in [-0.1, -0.05) is 11.6 Å². The van der Waals surface area contributed by atoms with Crippen LogP contribution in [-0.2, 0) is 0 Å². The Labute approximate surface area is 74.0 Å². The number of benzene rings is 1. The fourth-order valence-corrected chi connectivity index (χ4v) is 1.26. The van der Waals surface area contributed by atoms with Gasteiger partial charge in [0.1, 0.15) is 17.9 Å². The van der Waals surface area contributed by atoms with Crippen LogP contribution in [0.5, 0.6) is 0 Å². The number of rotatable bonds is 0. The fraction of sp³-hybridized carbons (Fsp3) is 0. The maximum absolute atomic E-state index is 8.66. The van der Waals surface area contributed by atoms with Crippen LogP contribution in [0.1, 0.15) is 5.56 Å². The molecule has 0 fully saturated rings. The highest BCUT2D eigenvalue weighted by molar-refractivity contribution is 6.31. The second kappa shape index (κ2) is 2.54. The normalized spacial score (nSPS) is 10.0. The summed E-state index contributed by atoms with van der Waals surface area (Å²) >= 11 is 5.75. The van der Waals surface area contributed by atoms with Gasteiger partial charge in [0, 0.05) is 10.4 Å². The van der Waals surface area contributed by atoms with E-state index in [0.717, 1.165) is 5.39 Å². The van der Waals surface area contributed by atoms with Gasteiger partial charge >= 0.3 is 0 Å². The van der Waals surface area contributed by atoms with E-state index in [1.807, 2.05) is 6.07 Å². The smallest absolute Gasteiger partial charge is 0.135 e. The van der Waals surface area contributed by atoms with Crippen LogP contribution in [0.4, 0.5) is 0 Å². The molecule has 1 aromatic carbocycles. The summed E-state index contributed by atoms with van der Waals surface area (Å²) in [7, 11) is 0. The molecule has 0 radical (unpaired) electrons. The molecule has 0 saturated carbocycles. The first-order chi connectivity index (χ1) is 5.81. The average Bonchev–Trinajstić information content (AvgIpc) is 2.46. The number of halogens is 1. The SMILES string of the molecule is N#Cc1coc2ccc(Cl)cc12.